The molecule has 0 aliphatic rings. The number of aromatic amines is 1. The number of methoxy groups -OCH3 is 2. The Morgan fingerprint density at radius 3 is 2.44 bits per heavy atom. The first-order valence-corrected chi connectivity index (χ1v) is 11.1. The van der Waals surface area contributed by atoms with Crippen LogP contribution in [0.5, 0.6) is 11.5 Å². The minimum atomic E-state index is -3.74. The Bertz CT molecular complexity index is 1410. The van der Waals surface area contributed by atoms with Crippen molar-refractivity contribution in [2.45, 2.75) is 30.4 Å². The van der Waals surface area contributed by atoms with Crippen molar-refractivity contribution >= 4 is 15.5 Å². The number of ether oxygens (including phenoxy) is 2. The molecule has 0 radical (unpaired) electrons. The summed E-state index contributed by atoms with van der Waals surface area (Å²) >= 11 is 0. The molecule has 11 heteroatoms. The van der Waals surface area contributed by atoms with Gasteiger partial charge in [-0.25, -0.2) is 22.8 Å². The number of hydrogen-bond donors (Lipinski definition) is 1. The van der Waals surface area contributed by atoms with Crippen LogP contribution in [-0.2, 0) is 9.84 Å². The Hall–Kier alpha value is -3.47. The lowest BCUT2D eigenvalue weighted by Gasteiger charge is -2.21. The zero-order chi connectivity index (χ0) is 23.3. The van der Waals surface area contributed by atoms with Gasteiger partial charge in [0.25, 0.3) is 0 Å². The maximum Gasteiger partial charge on any atom is 0.188 e. The van der Waals surface area contributed by atoms with Gasteiger partial charge in [-0.3, -0.25) is 9.50 Å². The second-order valence-electron chi connectivity index (χ2n) is 8.07. The monoisotopic (exact) mass is 459 g/mol. The van der Waals surface area contributed by atoms with E-state index in [4.69, 9.17) is 9.47 Å². The Labute approximate surface area is 184 Å². The molecule has 0 fully saturated rings. The van der Waals surface area contributed by atoms with Gasteiger partial charge >= 0.3 is 0 Å². The van der Waals surface area contributed by atoms with Crippen LogP contribution in [0.3, 0.4) is 0 Å². The van der Waals surface area contributed by atoms with Crippen molar-refractivity contribution in [3.63, 3.8) is 0 Å². The number of nitrogens with one attached hydrogen (secondary N) is 1. The van der Waals surface area contributed by atoms with E-state index in [0.717, 1.165) is 0 Å². The van der Waals surface area contributed by atoms with Gasteiger partial charge in [-0.05, 0) is 32.9 Å². The van der Waals surface area contributed by atoms with E-state index in [1.807, 2.05) is 0 Å². The van der Waals surface area contributed by atoms with Crippen LogP contribution in [0.1, 0.15) is 20.8 Å². The van der Waals surface area contributed by atoms with Crippen molar-refractivity contribution in [3.05, 3.63) is 42.7 Å². The highest BCUT2D eigenvalue weighted by atomic mass is 32.2. The number of benzene rings is 1. The molecule has 168 valence electrons. The molecule has 1 aromatic carbocycles. The third kappa shape index (κ3) is 3.38. The molecule has 4 rings (SSSR count). The fourth-order valence-corrected chi connectivity index (χ4v) is 4.66. The number of sulfone groups is 1. The first kappa shape index (κ1) is 21.8. The Morgan fingerprint density at radius 2 is 1.84 bits per heavy atom. The molecule has 0 bridgehead atoms. The molecule has 0 saturated heterocycles. The largest absolute Gasteiger partial charge is 0.495 e. The van der Waals surface area contributed by atoms with Crippen molar-refractivity contribution < 1.29 is 22.3 Å². The van der Waals surface area contributed by atoms with Gasteiger partial charge < -0.3 is 9.47 Å². The van der Waals surface area contributed by atoms with Crippen molar-refractivity contribution in [1.82, 2.24) is 24.6 Å². The summed E-state index contributed by atoms with van der Waals surface area (Å²) in [5.74, 6) is -0.0821. The number of pyridine rings is 1. The average Bonchev–Trinajstić information content (AvgIpc) is 3.41. The zero-order valence-electron chi connectivity index (χ0n) is 18.2. The van der Waals surface area contributed by atoms with Gasteiger partial charge in [0.15, 0.2) is 27.2 Å². The van der Waals surface area contributed by atoms with Crippen LogP contribution in [0.25, 0.3) is 28.3 Å². The lowest BCUT2D eigenvalue weighted by Crippen LogP contribution is -2.28. The highest BCUT2D eigenvalue weighted by Gasteiger charge is 2.34. The Morgan fingerprint density at radius 1 is 1.09 bits per heavy atom. The number of nitrogens with zero attached hydrogens (tertiary/aromatic N) is 4. The van der Waals surface area contributed by atoms with E-state index in [9.17, 15) is 12.8 Å². The summed E-state index contributed by atoms with van der Waals surface area (Å²) in [7, 11) is -0.975. The summed E-state index contributed by atoms with van der Waals surface area (Å²) in [5, 5.41) is 6.51. The summed E-state index contributed by atoms with van der Waals surface area (Å²) in [6.07, 6.45) is 4.30. The molecular formula is C21H22FN5O4S. The molecule has 3 heterocycles. The Balaban J connectivity index is 1.98. The molecule has 1 N–H and O–H groups in total. The van der Waals surface area contributed by atoms with E-state index in [1.165, 1.54) is 39.0 Å². The molecule has 9 nitrogen and oxygen atoms in total. The van der Waals surface area contributed by atoms with Gasteiger partial charge in [0.05, 0.1) is 36.4 Å². The summed E-state index contributed by atoms with van der Waals surface area (Å²) < 4.78 is 52.4. The van der Waals surface area contributed by atoms with Gasteiger partial charge in [0.1, 0.15) is 22.6 Å². The second kappa shape index (κ2) is 7.59. The number of imidazole rings is 1. The van der Waals surface area contributed by atoms with Crippen LogP contribution in [0.2, 0.25) is 0 Å². The topological polar surface area (TPSA) is 111 Å². The highest BCUT2D eigenvalue weighted by molar-refractivity contribution is 7.92. The normalized spacial score (nSPS) is 12.3. The van der Waals surface area contributed by atoms with Crippen LogP contribution in [0.4, 0.5) is 4.39 Å². The van der Waals surface area contributed by atoms with Crippen LogP contribution in [0, 0.1) is 5.82 Å². The predicted octanol–water partition coefficient (Wildman–Crippen LogP) is 3.51. The van der Waals surface area contributed by atoms with Crippen LogP contribution in [0.15, 0.2) is 41.8 Å². The number of H-pyrrole nitrogens is 1. The fourth-order valence-electron chi connectivity index (χ4n) is 3.35. The lowest BCUT2D eigenvalue weighted by molar-refractivity contribution is 0.388. The number of hydrogen-bond acceptors (Lipinski definition) is 7. The van der Waals surface area contributed by atoms with Gasteiger partial charge in [0.2, 0.25) is 0 Å². The van der Waals surface area contributed by atoms with Crippen LogP contribution < -0.4 is 9.47 Å². The molecule has 0 aliphatic carbocycles. The predicted molar refractivity (Wildman–Crippen MR) is 116 cm³/mol. The van der Waals surface area contributed by atoms with Gasteiger partial charge in [0, 0.05) is 17.8 Å². The summed E-state index contributed by atoms with van der Waals surface area (Å²) in [6.45, 7) is 4.84. The molecule has 4 aromatic rings. The van der Waals surface area contributed by atoms with Gasteiger partial charge in [-0.2, -0.15) is 5.10 Å². The summed E-state index contributed by atoms with van der Waals surface area (Å²) in [5.41, 5.74) is 1.75. The number of fused-ring (bicyclic) bond motifs is 1. The smallest absolute Gasteiger partial charge is 0.188 e. The van der Waals surface area contributed by atoms with Crippen LogP contribution in [-0.4, -0.2) is 52.0 Å². The number of rotatable bonds is 5. The molecule has 3 aromatic heterocycles. The molecule has 0 atom stereocenters. The molecule has 0 aliphatic heterocycles. The summed E-state index contributed by atoms with van der Waals surface area (Å²) in [6, 6.07) is 4.51. The minimum Gasteiger partial charge on any atom is -0.495 e. The lowest BCUT2D eigenvalue weighted by atomic mass is 10.1. The van der Waals surface area contributed by atoms with Gasteiger partial charge in [-0.1, -0.05) is 0 Å². The quantitative estimate of drug-likeness (QED) is 0.486. The maximum atomic E-state index is 14.9. The summed E-state index contributed by atoms with van der Waals surface area (Å²) in [4.78, 5) is 8.46. The SMILES string of the molecule is COc1cc2ncc(-c3cc(F)c(OC)c(-c4ncn[nH]4)c3)n2cc1S(=O)(=O)C(C)(C)C. The minimum absolute atomic E-state index is 0.0111. The Kier molecular flexibility index (Phi) is 5.16. The van der Waals surface area contributed by atoms with E-state index in [2.05, 4.69) is 20.2 Å². The van der Waals surface area contributed by atoms with E-state index in [1.54, 1.807) is 37.3 Å². The fraction of sp³-hybridized carbons (Fsp3) is 0.286. The van der Waals surface area contributed by atoms with E-state index in [-0.39, 0.29) is 16.4 Å². The van der Waals surface area contributed by atoms with Gasteiger partial charge in [-0.15, -0.1) is 0 Å². The van der Waals surface area contributed by atoms with Crippen molar-refractivity contribution in [1.29, 1.82) is 0 Å². The molecule has 0 saturated carbocycles. The average molecular weight is 460 g/mol. The maximum absolute atomic E-state index is 14.9. The molecule has 0 spiro atoms. The molecule has 0 amide bonds. The zero-order valence-corrected chi connectivity index (χ0v) is 19.0. The third-order valence-corrected chi connectivity index (χ3v) is 7.60. The van der Waals surface area contributed by atoms with Crippen molar-refractivity contribution in [3.8, 4) is 34.1 Å². The standard InChI is InChI=1S/C21H22FN5O4S/c1-21(2,3)32(28,29)17-10-27-15(9-23-18(27)8-16(17)30-4)12-6-13(20-24-11-25-26-20)19(31-5)14(22)7-12/h6-11H,1-5H3,(H,24,25,26). The second-order valence-corrected chi connectivity index (χ2v) is 10.7. The van der Waals surface area contributed by atoms with Crippen molar-refractivity contribution in [2.75, 3.05) is 14.2 Å². The highest BCUT2D eigenvalue weighted by Crippen LogP contribution is 2.37. The molecule has 32 heavy (non-hydrogen) atoms. The van der Waals surface area contributed by atoms with E-state index in [0.29, 0.717) is 28.3 Å². The number of halogens is 1. The molecular weight excluding hydrogens is 437 g/mol. The third-order valence-electron chi connectivity index (χ3n) is 5.10. The molecule has 0 unspecified atom stereocenters. The van der Waals surface area contributed by atoms with Crippen LogP contribution >= 0.6 is 0 Å². The van der Waals surface area contributed by atoms with Crippen molar-refractivity contribution in [2.24, 2.45) is 0 Å². The first-order chi connectivity index (χ1) is 15.1. The van der Waals surface area contributed by atoms with E-state index >= 15 is 0 Å². The van der Waals surface area contributed by atoms with E-state index < -0.39 is 20.4 Å². The first-order valence-electron chi connectivity index (χ1n) is 9.62. The number of aromatic nitrogens is 5.